The molecular weight excluding hydrogens is 384 g/mol. The van der Waals surface area contributed by atoms with Crippen LogP contribution in [0.2, 0.25) is 0 Å². The van der Waals surface area contributed by atoms with Crippen molar-refractivity contribution in [1.82, 2.24) is 0 Å². The first kappa shape index (κ1) is 22.9. The van der Waals surface area contributed by atoms with E-state index in [2.05, 4.69) is 27.7 Å². The van der Waals surface area contributed by atoms with E-state index in [-0.39, 0.29) is 60.7 Å². The molecule has 4 heterocycles. The fourth-order valence-corrected chi connectivity index (χ4v) is 6.09. The topological polar surface area (TPSA) is 77.4 Å². The van der Waals surface area contributed by atoms with Gasteiger partial charge in [-0.1, -0.05) is 27.7 Å². The predicted octanol–water partition coefficient (Wildman–Crippen LogP) is 2.93. The van der Waals surface area contributed by atoms with Crippen molar-refractivity contribution < 1.29 is 29.2 Å². The van der Waals surface area contributed by atoms with E-state index in [1.165, 1.54) is 0 Å². The first-order chi connectivity index (χ1) is 14.4. The van der Waals surface area contributed by atoms with E-state index >= 15 is 0 Å². The number of hydrogen-bond acceptors (Lipinski definition) is 6. The lowest BCUT2D eigenvalue weighted by Gasteiger charge is -2.49. The minimum atomic E-state index is -0.309. The van der Waals surface area contributed by atoms with Crippen molar-refractivity contribution in [3.63, 3.8) is 0 Å². The summed E-state index contributed by atoms with van der Waals surface area (Å²) in [6, 6.07) is 0. The van der Waals surface area contributed by atoms with Gasteiger partial charge in [0.25, 0.3) is 0 Å². The SMILES string of the molecule is C[C@@H]1C(O)CCO[C@H]1[C@H]1CC[C@H](C)[C@@H]([C@H]2O[C@@H]([C@@H]3OCCC(O)[C@@H]3C)CC[C@@H]2C)O1. The van der Waals surface area contributed by atoms with Crippen molar-refractivity contribution in [2.75, 3.05) is 13.2 Å². The summed E-state index contributed by atoms with van der Waals surface area (Å²) in [5.41, 5.74) is 0. The molecule has 0 spiro atoms. The molecule has 6 nitrogen and oxygen atoms in total. The molecule has 12 atom stereocenters. The van der Waals surface area contributed by atoms with Crippen LogP contribution in [0.5, 0.6) is 0 Å². The molecule has 0 aromatic rings. The third kappa shape index (κ3) is 4.60. The van der Waals surface area contributed by atoms with Crippen molar-refractivity contribution in [2.24, 2.45) is 23.7 Å². The van der Waals surface area contributed by atoms with Gasteiger partial charge in [0.2, 0.25) is 0 Å². The van der Waals surface area contributed by atoms with Gasteiger partial charge in [-0.05, 0) is 50.4 Å². The van der Waals surface area contributed by atoms with E-state index < -0.39 is 0 Å². The van der Waals surface area contributed by atoms with Gasteiger partial charge in [-0.15, -0.1) is 0 Å². The minimum absolute atomic E-state index is 0.0130. The zero-order valence-corrected chi connectivity index (χ0v) is 19.1. The Bertz CT molecular complexity index is 510. The van der Waals surface area contributed by atoms with Gasteiger partial charge in [0.15, 0.2) is 0 Å². The van der Waals surface area contributed by atoms with Crippen LogP contribution in [0, 0.1) is 23.7 Å². The molecule has 0 saturated carbocycles. The van der Waals surface area contributed by atoms with Gasteiger partial charge in [0.1, 0.15) is 0 Å². The van der Waals surface area contributed by atoms with Crippen LogP contribution < -0.4 is 0 Å². The largest absolute Gasteiger partial charge is 0.393 e. The van der Waals surface area contributed by atoms with Crippen LogP contribution in [0.1, 0.15) is 66.2 Å². The Morgan fingerprint density at radius 2 is 0.933 bits per heavy atom. The van der Waals surface area contributed by atoms with Crippen LogP contribution >= 0.6 is 0 Å². The Kier molecular flexibility index (Phi) is 7.43. The van der Waals surface area contributed by atoms with Crippen LogP contribution in [0.3, 0.4) is 0 Å². The third-order valence-electron chi connectivity index (χ3n) is 8.35. The molecule has 0 amide bonds. The number of rotatable bonds is 3. The number of hydrogen-bond donors (Lipinski definition) is 2. The van der Waals surface area contributed by atoms with Crippen LogP contribution in [-0.4, -0.2) is 72.3 Å². The lowest BCUT2D eigenvalue weighted by Crippen LogP contribution is -2.56. The van der Waals surface area contributed by atoms with Gasteiger partial charge in [-0.3, -0.25) is 0 Å². The van der Waals surface area contributed by atoms with Crippen LogP contribution in [0.15, 0.2) is 0 Å². The Labute approximate surface area is 181 Å². The second-order valence-corrected chi connectivity index (χ2v) is 10.5. The predicted molar refractivity (Wildman–Crippen MR) is 113 cm³/mol. The Hall–Kier alpha value is -0.240. The zero-order valence-electron chi connectivity index (χ0n) is 19.1. The van der Waals surface area contributed by atoms with E-state index in [0.717, 1.165) is 25.7 Å². The van der Waals surface area contributed by atoms with Crippen molar-refractivity contribution in [1.29, 1.82) is 0 Å². The molecule has 4 aliphatic rings. The fourth-order valence-electron chi connectivity index (χ4n) is 6.09. The van der Waals surface area contributed by atoms with E-state index in [1.807, 2.05) is 0 Å². The summed E-state index contributed by atoms with van der Waals surface area (Å²) in [6.07, 6.45) is 4.91. The minimum Gasteiger partial charge on any atom is -0.393 e. The molecule has 2 unspecified atom stereocenters. The summed E-state index contributed by atoms with van der Waals surface area (Å²) in [5, 5.41) is 20.6. The maximum Gasteiger partial charge on any atom is 0.0886 e. The van der Waals surface area contributed by atoms with Crippen LogP contribution in [-0.2, 0) is 18.9 Å². The Balaban J connectivity index is 1.45. The molecule has 0 bridgehead atoms. The molecule has 2 N–H and O–H groups in total. The number of aliphatic hydroxyl groups excluding tert-OH is 2. The lowest BCUT2D eigenvalue weighted by atomic mass is 9.78. The molecule has 4 fully saturated rings. The van der Waals surface area contributed by atoms with Gasteiger partial charge < -0.3 is 29.2 Å². The maximum atomic E-state index is 10.3. The highest BCUT2D eigenvalue weighted by molar-refractivity contribution is 4.95. The third-order valence-corrected chi connectivity index (χ3v) is 8.35. The summed E-state index contributed by atoms with van der Waals surface area (Å²) in [4.78, 5) is 0. The maximum absolute atomic E-state index is 10.3. The monoisotopic (exact) mass is 426 g/mol. The van der Waals surface area contributed by atoms with Gasteiger partial charge in [0, 0.05) is 25.0 Å². The second kappa shape index (κ2) is 9.72. The number of aliphatic hydroxyl groups is 2. The Morgan fingerprint density at radius 3 is 1.33 bits per heavy atom. The van der Waals surface area contributed by atoms with Crippen molar-refractivity contribution in [3.8, 4) is 0 Å². The standard InChI is InChI=1S/C24H42O6/c1-13-5-7-19(23-15(3)17(25)9-11-27-23)29-21(13)22-14(2)6-8-20(30-22)24-16(4)18(26)10-12-28-24/h13-26H,5-12H2,1-4H3/t13-,14-,15-,16+,17?,18?,19+,20+,21-,22-,23+,24+/m0/s1. The molecule has 0 radical (unpaired) electrons. The normalized spacial score (nSPS) is 53.4. The number of ether oxygens (including phenoxy) is 4. The van der Waals surface area contributed by atoms with Crippen molar-refractivity contribution >= 4 is 0 Å². The van der Waals surface area contributed by atoms with Crippen molar-refractivity contribution in [2.45, 2.75) is 115 Å². The van der Waals surface area contributed by atoms with Crippen molar-refractivity contribution in [3.05, 3.63) is 0 Å². The molecule has 174 valence electrons. The molecule has 4 saturated heterocycles. The molecule has 30 heavy (non-hydrogen) atoms. The second-order valence-electron chi connectivity index (χ2n) is 10.5. The Morgan fingerprint density at radius 1 is 0.533 bits per heavy atom. The molecule has 0 aliphatic carbocycles. The average molecular weight is 427 g/mol. The molecule has 6 heteroatoms. The van der Waals surface area contributed by atoms with E-state index in [9.17, 15) is 10.2 Å². The smallest absolute Gasteiger partial charge is 0.0886 e. The molecule has 0 aromatic heterocycles. The van der Waals surface area contributed by atoms with E-state index in [0.29, 0.717) is 37.9 Å². The molecule has 0 aromatic carbocycles. The zero-order chi connectivity index (χ0) is 21.4. The summed E-state index contributed by atoms with van der Waals surface area (Å²) in [6.45, 7) is 9.90. The lowest BCUT2D eigenvalue weighted by molar-refractivity contribution is -0.247. The molecule has 4 rings (SSSR count). The van der Waals surface area contributed by atoms with Gasteiger partial charge in [-0.25, -0.2) is 0 Å². The van der Waals surface area contributed by atoms with Gasteiger partial charge in [-0.2, -0.15) is 0 Å². The molecule has 4 aliphatic heterocycles. The highest BCUT2D eigenvalue weighted by atomic mass is 16.6. The van der Waals surface area contributed by atoms with Crippen LogP contribution in [0.4, 0.5) is 0 Å². The summed E-state index contributed by atoms with van der Waals surface area (Å²) in [7, 11) is 0. The summed E-state index contributed by atoms with van der Waals surface area (Å²) < 4.78 is 25.5. The first-order valence-electron chi connectivity index (χ1n) is 12.3. The van der Waals surface area contributed by atoms with Gasteiger partial charge >= 0.3 is 0 Å². The highest BCUT2D eigenvalue weighted by Crippen LogP contribution is 2.40. The summed E-state index contributed by atoms with van der Waals surface area (Å²) >= 11 is 0. The highest BCUT2D eigenvalue weighted by Gasteiger charge is 2.47. The van der Waals surface area contributed by atoms with E-state index in [1.54, 1.807) is 0 Å². The summed E-state index contributed by atoms with van der Waals surface area (Å²) in [5.74, 6) is 1.03. The van der Waals surface area contributed by atoms with Crippen LogP contribution in [0.25, 0.3) is 0 Å². The van der Waals surface area contributed by atoms with Gasteiger partial charge in [0.05, 0.1) is 48.8 Å². The quantitative estimate of drug-likeness (QED) is 0.723. The first-order valence-corrected chi connectivity index (χ1v) is 12.3. The van der Waals surface area contributed by atoms with E-state index in [4.69, 9.17) is 18.9 Å². The average Bonchev–Trinajstić information content (AvgIpc) is 2.73. The molecular formula is C24H42O6. The fraction of sp³-hybridized carbons (Fsp3) is 1.00.